The Bertz CT molecular complexity index is 451. The van der Waals surface area contributed by atoms with Crippen LogP contribution in [0.5, 0.6) is 0 Å². The van der Waals surface area contributed by atoms with Crippen molar-refractivity contribution in [1.29, 1.82) is 0 Å². The molecule has 0 amide bonds. The van der Waals surface area contributed by atoms with E-state index in [1.807, 2.05) is 0 Å². The van der Waals surface area contributed by atoms with Crippen molar-refractivity contribution in [1.82, 2.24) is 4.98 Å². The summed E-state index contributed by atoms with van der Waals surface area (Å²) in [6, 6.07) is 2.21. The fraction of sp³-hybridized carbons (Fsp3) is 0.167. The first-order valence-corrected chi connectivity index (χ1v) is 6.60. The van der Waals surface area contributed by atoms with Crippen LogP contribution in [0.4, 0.5) is 8.78 Å². The van der Waals surface area contributed by atoms with E-state index in [1.165, 1.54) is 0 Å². The number of hydrogen-bond acceptors (Lipinski definition) is 3. The fourth-order valence-corrected chi connectivity index (χ4v) is 2.27. The molecule has 14 heavy (non-hydrogen) atoms. The highest BCUT2D eigenvalue weighted by atomic mass is 127. The van der Waals surface area contributed by atoms with Gasteiger partial charge in [0.1, 0.15) is 5.69 Å². The van der Waals surface area contributed by atoms with E-state index in [0.717, 1.165) is 12.1 Å². The average molecular weight is 354 g/mol. The van der Waals surface area contributed by atoms with Crippen molar-refractivity contribution in [3.63, 3.8) is 0 Å². The minimum Gasteiger partial charge on any atom is -0.234 e. The van der Waals surface area contributed by atoms with Crippen molar-refractivity contribution in [3.05, 3.63) is 21.4 Å². The first kappa shape index (κ1) is 12.1. The fourth-order valence-electron chi connectivity index (χ4n) is 0.729. The van der Waals surface area contributed by atoms with E-state index in [1.54, 1.807) is 22.6 Å². The van der Waals surface area contributed by atoms with E-state index in [2.05, 4.69) is 4.98 Å². The van der Waals surface area contributed by atoms with Crippen LogP contribution in [0.1, 0.15) is 12.1 Å². The maximum absolute atomic E-state index is 12.2. The molecule has 1 heterocycles. The predicted molar refractivity (Wildman–Crippen MR) is 54.9 cm³/mol. The van der Waals surface area contributed by atoms with Crippen molar-refractivity contribution in [2.45, 2.75) is 11.5 Å². The summed E-state index contributed by atoms with van der Waals surface area (Å²) >= 11 is 1.71. The van der Waals surface area contributed by atoms with E-state index in [0.29, 0.717) is 3.57 Å². The van der Waals surface area contributed by atoms with Crippen LogP contribution in [0.25, 0.3) is 0 Å². The number of rotatable bonds is 2. The Morgan fingerprint density at radius 3 is 2.43 bits per heavy atom. The van der Waals surface area contributed by atoms with Gasteiger partial charge in [0, 0.05) is 14.3 Å². The molecule has 0 spiro atoms. The highest BCUT2D eigenvalue weighted by molar-refractivity contribution is 14.1. The van der Waals surface area contributed by atoms with Gasteiger partial charge < -0.3 is 0 Å². The second-order valence-electron chi connectivity index (χ2n) is 2.29. The van der Waals surface area contributed by atoms with Crippen LogP contribution in [0.2, 0.25) is 0 Å². The number of nitrogens with zero attached hydrogens (tertiary/aromatic N) is 1. The number of pyridine rings is 1. The molecule has 0 aliphatic carbocycles. The summed E-state index contributed by atoms with van der Waals surface area (Å²) in [7, 11) is 0.910. The summed E-state index contributed by atoms with van der Waals surface area (Å²) in [6.45, 7) is 0. The minimum atomic E-state index is -4.06. The molecule has 78 valence electrons. The Labute approximate surface area is 97.0 Å². The van der Waals surface area contributed by atoms with Crippen molar-refractivity contribution in [2.75, 3.05) is 0 Å². The van der Waals surface area contributed by atoms with E-state index in [-0.39, 0.29) is 0 Å². The summed E-state index contributed by atoms with van der Waals surface area (Å²) in [5, 5.41) is -0.554. The SMILES string of the molecule is O=S(=O)(Cl)c1cc(I)cc(C(F)F)n1. The predicted octanol–water partition coefficient (Wildman–Crippen LogP) is 2.55. The Morgan fingerprint density at radius 2 is 2.00 bits per heavy atom. The zero-order chi connectivity index (χ0) is 10.9. The lowest BCUT2D eigenvalue weighted by atomic mass is 10.4. The summed E-state index contributed by atoms with van der Waals surface area (Å²) in [5.74, 6) is 0. The second kappa shape index (κ2) is 4.23. The van der Waals surface area contributed by atoms with E-state index < -0.39 is 26.2 Å². The Morgan fingerprint density at radius 1 is 1.43 bits per heavy atom. The normalized spacial score (nSPS) is 12.1. The summed E-state index contributed by atoms with van der Waals surface area (Å²) < 4.78 is 46.4. The molecule has 0 radical (unpaired) electrons. The van der Waals surface area contributed by atoms with E-state index in [9.17, 15) is 17.2 Å². The first-order chi connectivity index (χ1) is 6.30. The number of hydrogen-bond donors (Lipinski definition) is 0. The molecule has 0 aromatic carbocycles. The topological polar surface area (TPSA) is 47.0 Å². The highest BCUT2D eigenvalue weighted by Gasteiger charge is 2.17. The van der Waals surface area contributed by atoms with Gasteiger partial charge in [-0.1, -0.05) is 0 Å². The van der Waals surface area contributed by atoms with Crippen LogP contribution in [0.3, 0.4) is 0 Å². The van der Waals surface area contributed by atoms with Crippen LogP contribution in [-0.2, 0) is 9.05 Å². The molecule has 1 rings (SSSR count). The lowest BCUT2D eigenvalue weighted by molar-refractivity contribution is 0.145. The summed E-state index contributed by atoms with van der Waals surface area (Å²) in [4.78, 5) is 3.23. The molecule has 0 atom stereocenters. The van der Waals surface area contributed by atoms with Crippen LogP contribution in [0, 0.1) is 3.57 Å². The molecule has 3 nitrogen and oxygen atoms in total. The Kier molecular flexibility index (Phi) is 3.64. The molecule has 0 saturated carbocycles. The van der Waals surface area contributed by atoms with Crippen molar-refractivity contribution < 1.29 is 17.2 Å². The Hall–Kier alpha value is -0.0200. The summed E-state index contributed by atoms with van der Waals surface area (Å²) in [5.41, 5.74) is -0.601. The van der Waals surface area contributed by atoms with Crippen LogP contribution in [-0.4, -0.2) is 13.4 Å². The van der Waals surface area contributed by atoms with Gasteiger partial charge >= 0.3 is 0 Å². The maximum Gasteiger partial charge on any atom is 0.280 e. The van der Waals surface area contributed by atoms with Crippen LogP contribution >= 0.6 is 33.3 Å². The molecule has 0 aliphatic heterocycles. The van der Waals surface area contributed by atoms with Crippen molar-refractivity contribution in [3.8, 4) is 0 Å². The number of aromatic nitrogens is 1. The molecule has 0 saturated heterocycles. The average Bonchev–Trinajstić information content (AvgIpc) is 2.01. The third-order valence-corrected chi connectivity index (χ3v) is 3.07. The molecule has 0 bridgehead atoms. The van der Waals surface area contributed by atoms with Gasteiger partial charge in [-0.25, -0.2) is 22.2 Å². The van der Waals surface area contributed by atoms with Crippen molar-refractivity contribution >= 4 is 42.3 Å². The van der Waals surface area contributed by atoms with Gasteiger partial charge in [-0.05, 0) is 34.7 Å². The van der Waals surface area contributed by atoms with Gasteiger partial charge in [-0.2, -0.15) is 0 Å². The largest absolute Gasteiger partial charge is 0.280 e. The standard InChI is InChI=1S/C6H3ClF2INO2S/c7-14(12,13)5-2-3(10)1-4(11-5)6(8)9/h1-2,6H. The summed E-state index contributed by atoms with van der Waals surface area (Å²) in [6.07, 6.45) is -2.82. The molecular formula is C6H3ClF2INO2S. The molecule has 0 aliphatic rings. The van der Waals surface area contributed by atoms with Gasteiger partial charge in [0.15, 0.2) is 5.03 Å². The van der Waals surface area contributed by atoms with Crippen LogP contribution < -0.4 is 0 Å². The minimum absolute atomic E-state index is 0.340. The van der Waals surface area contributed by atoms with Gasteiger partial charge in [-0.15, -0.1) is 0 Å². The van der Waals surface area contributed by atoms with Gasteiger partial charge in [0.2, 0.25) is 0 Å². The van der Waals surface area contributed by atoms with Gasteiger partial charge in [0.05, 0.1) is 0 Å². The molecule has 8 heteroatoms. The molecule has 0 unspecified atom stereocenters. The quantitative estimate of drug-likeness (QED) is 0.606. The van der Waals surface area contributed by atoms with E-state index >= 15 is 0 Å². The number of alkyl halides is 2. The van der Waals surface area contributed by atoms with Gasteiger partial charge in [-0.3, -0.25) is 0 Å². The van der Waals surface area contributed by atoms with E-state index in [4.69, 9.17) is 10.7 Å². The van der Waals surface area contributed by atoms with Gasteiger partial charge in [0.25, 0.3) is 15.5 Å². The third-order valence-electron chi connectivity index (χ3n) is 1.26. The number of halogens is 4. The highest BCUT2D eigenvalue weighted by Crippen LogP contribution is 2.22. The zero-order valence-electron chi connectivity index (χ0n) is 6.42. The third kappa shape index (κ3) is 2.99. The molecule has 0 fully saturated rings. The first-order valence-electron chi connectivity index (χ1n) is 3.21. The maximum atomic E-state index is 12.2. The monoisotopic (exact) mass is 353 g/mol. The molecular weight excluding hydrogens is 350 g/mol. The smallest absolute Gasteiger partial charge is 0.234 e. The van der Waals surface area contributed by atoms with Crippen molar-refractivity contribution in [2.24, 2.45) is 0 Å². The second-order valence-corrected chi connectivity index (χ2v) is 6.05. The molecule has 1 aromatic rings. The lowest BCUT2D eigenvalue weighted by Crippen LogP contribution is -2.00. The Balaban J connectivity index is 3.35. The molecule has 1 aromatic heterocycles. The molecule has 0 N–H and O–H groups in total. The zero-order valence-corrected chi connectivity index (χ0v) is 10.1. The van der Waals surface area contributed by atoms with Crippen LogP contribution in [0.15, 0.2) is 17.2 Å². The lowest BCUT2D eigenvalue weighted by Gasteiger charge is -2.02.